The molecule has 0 saturated heterocycles. The van der Waals surface area contributed by atoms with E-state index in [1.807, 2.05) is 0 Å². The van der Waals surface area contributed by atoms with Crippen molar-refractivity contribution in [2.75, 3.05) is 0 Å². The molecule has 1 aromatic heterocycles. The third kappa shape index (κ3) is 4.72. The minimum absolute atomic E-state index is 0.0728. The molecule has 0 fully saturated rings. The molecular weight excluding hydrogens is 491 g/mol. The number of H-pyrrole nitrogens is 1. The Balaban J connectivity index is 2.04. The molecule has 31 heavy (non-hydrogen) atoms. The fraction of sp³-hybridized carbons (Fsp3) is 0.167. The van der Waals surface area contributed by atoms with Crippen molar-refractivity contribution in [1.29, 1.82) is 0 Å². The molecule has 3 aromatic rings. The number of rotatable bonds is 6. The van der Waals surface area contributed by atoms with E-state index in [0.29, 0.717) is 16.2 Å². The van der Waals surface area contributed by atoms with E-state index in [9.17, 15) is 24.5 Å². The van der Waals surface area contributed by atoms with E-state index in [2.05, 4.69) is 4.98 Å². The van der Waals surface area contributed by atoms with Gasteiger partial charge in [0.1, 0.15) is 0 Å². The molecule has 13 heteroatoms. The highest BCUT2D eigenvalue weighted by Crippen LogP contribution is 2.43. The van der Waals surface area contributed by atoms with Crippen molar-refractivity contribution in [2.45, 2.75) is 29.7 Å². The van der Waals surface area contributed by atoms with Gasteiger partial charge >= 0.3 is 17.1 Å². The van der Waals surface area contributed by atoms with Crippen LogP contribution in [0.5, 0.6) is 0 Å². The minimum atomic E-state index is -0.889. The Morgan fingerprint density at radius 1 is 1.03 bits per heavy atom. The van der Waals surface area contributed by atoms with Crippen LogP contribution in [0.2, 0.25) is 15.1 Å². The third-order valence-electron chi connectivity index (χ3n) is 4.11. The first-order valence-electron chi connectivity index (χ1n) is 8.71. The topological polar surface area (TPSA) is 120 Å². The van der Waals surface area contributed by atoms with Crippen LogP contribution < -0.4 is 17.1 Å². The lowest BCUT2D eigenvalue weighted by Crippen LogP contribution is -2.48. The van der Waals surface area contributed by atoms with Crippen molar-refractivity contribution in [1.82, 2.24) is 14.1 Å². The van der Waals surface area contributed by atoms with Crippen LogP contribution in [0.3, 0.4) is 0 Å². The number of non-ortho nitro benzene ring substituents is 1. The second-order valence-electron chi connectivity index (χ2n) is 6.22. The van der Waals surface area contributed by atoms with Gasteiger partial charge in [-0.05, 0) is 24.6 Å². The van der Waals surface area contributed by atoms with Gasteiger partial charge in [-0.3, -0.25) is 15.1 Å². The number of hydrogen-bond acceptors (Lipinski definition) is 6. The Bertz CT molecular complexity index is 1340. The van der Waals surface area contributed by atoms with Crippen molar-refractivity contribution >= 4 is 52.3 Å². The van der Waals surface area contributed by atoms with Crippen molar-refractivity contribution < 1.29 is 4.92 Å². The number of nitro benzene ring substituents is 1. The van der Waals surface area contributed by atoms with Gasteiger partial charge in [0.05, 0.1) is 30.6 Å². The summed E-state index contributed by atoms with van der Waals surface area (Å²) in [6, 6.07) is 6.74. The number of nitrogens with one attached hydrogen (secondary N) is 1. The molecule has 0 unspecified atom stereocenters. The van der Waals surface area contributed by atoms with Gasteiger partial charge in [0.25, 0.3) is 5.69 Å². The van der Waals surface area contributed by atoms with Crippen LogP contribution in [0.4, 0.5) is 5.69 Å². The molecule has 0 aliphatic rings. The molecule has 3 rings (SSSR count). The van der Waals surface area contributed by atoms with Crippen molar-refractivity contribution in [3.63, 3.8) is 0 Å². The molecule has 1 heterocycles. The Morgan fingerprint density at radius 3 is 2.23 bits per heavy atom. The number of aromatic amines is 1. The van der Waals surface area contributed by atoms with Gasteiger partial charge < -0.3 is 0 Å². The van der Waals surface area contributed by atoms with Crippen molar-refractivity contribution in [3.05, 3.63) is 87.0 Å². The summed E-state index contributed by atoms with van der Waals surface area (Å²) in [5.41, 5.74) is -2.55. The number of nitro groups is 1. The molecule has 0 bridgehead atoms. The van der Waals surface area contributed by atoms with Gasteiger partial charge in [0.2, 0.25) is 0 Å². The first-order chi connectivity index (χ1) is 14.6. The van der Waals surface area contributed by atoms with Gasteiger partial charge in [-0.2, -0.15) is 0 Å². The summed E-state index contributed by atoms with van der Waals surface area (Å²) in [7, 11) is 0. The first kappa shape index (κ1) is 23.1. The molecule has 0 aliphatic heterocycles. The van der Waals surface area contributed by atoms with Crippen LogP contribution in [-0.4, -0.2) is 19.0 Å². The summed E-state index contributed by atoms with van der Waals surface area (Å²) in [6.45, 7) is 1.94. The maximum Gasteiger partial charge on any atom is 0.340 e. The average molecular weight is 504 g/mol. The van der Waals surface area contributed by atoms with Crippen LogP contribution in [0.1, 0.15) is 13.3 Å². The van der Waals surface area contributed by atoms with Crippen LogP contribution >= 0.6 is 46.6 Å². The van der Waals surface area contributed by atoms with Crippen LogP contribution in [0, 0.1) is 10.1 Å². The quantitative estimate of drug-likeness (QED) is 0.399. The summed E-state index contributed by atoms with van der Waals surface area (Å²) in [6.07, 6.45) is 0.522. The van der Waals surface area contributed by atoms with Crippen molar-refractivity contribution in [3.8, 4) is 5.69 Å². The molecule has 0 amide bonds. The Kier molecular flexibility index (Phi) is 6.95. The Morgan fingerprint density at radius 2 is 1.68 bits per heavy atom. The fourth-order valence-electron chi connectivity index (χ4n) is 2.73. The number of aromatic nitrogens is 3. The SMILES string of the molecule is CCCn1c(=O)[nH]c(=O)n(-c2ccc(Sc3c(Cl)cc([N+](=O)[O-])cc3Cl)c(Cl)c2)c1=O. The summed E-state index contributed by atoms with van der Waals surface area (Å²) >= 11 is 19.7. The minimum Gasteiger partial charge on any atom is -0.258 e. The zero-order valence-electron chi connectivity index (χ0n) is 15.7. The molecule has 162 valence electrons. The molecule has 9 nitrogen and oxygen atoms in total. The first-order valence-corrected chi connectivity index (χ1v) is 10.7. The summed E-state index contributed by atoms with van der Waals surface area (Å²) in [5, 5.41) is 11.2. The predicted octanol–water partition coefficient (Wildman–Crippen LogP) is 4.12. The van der Waals surface area contributed by atoms with E-state index in [0.717, 1.165) is 20.9 Å². The van der Waals surface area contributed by atoms with E-state index >= 15 is 0 Å². The lowest BCUT2D eigenvalue weighted by atomic mass is 10.3. The van der Waals surface area contributed by atoms with E-state index < -0.39 is 22.0 Å². The largest absolute Gasteiger partial charge is 0.340 e. The third-order valence-corrected chi connectivity index (χ3v) is 6.58. The maximum absolute atomic E-state index is 12.6. The van der Waals surface area contributed by atoms with E-state index in [-0.39, 0.29) is 33.0 Å². The number of halogens is 3. The highest BCUT2D eigenvalue weighted by Gasteiger charge is 2.18. The van der Waals surface area contributed by atoms with Gasteiger partial charge in [-0.1, -0.05) is 53.5 Å². The van der Waals surface area contributed by atoms with E-state index in [4.69, 9.17) is 34.8 Å². The van der Waals surface area contributed by atoms with Crippen molar-refractivity contribution in [2.24, 2.45) is 0 Å². The van der Waals surface area contributed by atoms with Gasteiger partial charge in [-0.25, -0.2) is 23.5 Å². The summed E-state index contributed by atoms with van der Waals surface area (Å²) in [4.78, 5) is 50.0. The van der Waals surface area contributed by atoms with E-state index in [1.54, 1.807) is 6.92 Å². The highest BCUT2D eigenvalue weighted by molar-refractivity contribution is 7.99. The predicted molar refractivity (Wildman–Crippen MR) is 119 cm³/mol. The van der Waals surface area contributed by atoms with E-state index in [1.165, 1.54) is 30.3 Å². The van der Waals surface area contributed by atoms with Crippen LogP contribution in [0.15, 0.2) is 54.5 Å². The lowest BCUT2D eigenvalue weighted by Gasteiger charge is -2.11. The highest BCUT2D eigenvalue weighted by atomic mass is 35.5. The number of nitrogens with zero attached hydrogens (tertiary/aromatic N) is 3. The zero-order valence-corrected chi connectivity index (χ0v) is 18.8. The fourth-order valence-corrected chi connectivity index (χ4v) is 4.55. The smallest absolute Gasteiger partial charge is 0.258 e. The Hall–Kier alpha value is -2.53. The van der Waals surface area contributed by atoms with Gasteiger partial charge in [0.15, 0.2) is 0 Å². The monoisotopic (exact) mass is 502 g/mol. The molecule has 0 radical (unpaired) electrons. The number of benzene rings is 2. The Labute approximate surface area is 193 Å². The zero-order chi connectivity index (χ0) is 22.9. The molecule has 0 spiro atoms. The summed E-state index contributed by atoms with van der Waals surface area (Å²) in [5.74, 6) is 0. The second kappa shape index (κ2) is 9.31. The van der Waals surface area contributed by atoms with Gasteiger partial charge in [0, 0.05) is 23.6 Å². The van der Waals surface area contributed by atoms with Crippen LogP contribution in [-0.2, 0) is 6.54 Å². The molecule has 0 aliphatic carbocycles. The molecule has 2 aromatic carbocycles. The number of hydrogen-bond donors (Lipinski definition) is 1. The normalized spacial score (nSPS) is 11.0. The second-order valence-corrected chi connectivity index (χ2v) is 8.49. The molecule has 0 saturated carbocycles. The standard InChI is InChI=1S/C18H13Cl3N4O5S/c1-2-5-23-16(26)22-17(27)24(18(23)28)9-3-4-14(11(19)6-9)31-15-12(20)7-10(25(29)30)8-13(15)21/h3-4,6-8H,2,5H2,1H3,(H,22,26,27). The molecular formula is C18H13Cl3N4O5S. The maximum atomic E-state index is 12.6. The summed E-state index contributed by atoms with van der Waals surface area (Å²) < 4.78 is 1.73. The average Bonchev–Trinajstić information content (AvgIpc) is 2.69. The van der Waals surface area contributed by atoms with Gasteiger partial charge in [-0.15, -0.1) is 0 Å². The molecule has 0 atom stereocenters. The molecule has 1 N–H and O–H groups in total. The lowest BCUT2D eigenvalue weighted by molar-refractivity contribution is -0.384. The van der Waals surface area contributed by atoms with Crippen LogP contribution in [0.25, 0.3) is 5.69 Å².